The molecule has 0 unspecified atom stereocenters. The molecule has 10 heteroatoms. The number of nitrogens with one attached hydrogen (secondary N) is 1. The minimum Gasteiger partial charge on any atom is -0.336 e. The second-order valence-electron chi connectivity index (χ2n) is 6.28. The van der Waals surface area contributed by atoms with Crippen LogP contribution in [0.4, 0.5) is 0 Å². The maximum atomic E-state index is 12.4. The number of hydrogen-bond acceptors (Lipinski definition) is 6. The first kappa shape index (κ1) is 20.6. The fourth-order valence-electron chi connectivity index (χ4n) is 2.67. The number of amides is 1. The van der Waals surface area contributed by atoms with Crippen LogP contribution in [0.15, 0.2) is 41.9 Å². The van der Waals surface area contributed by atoms with Crippen molar-refractivity contribution in [3.63, 3.8) is 0 Å². The molecule has 0 aliphatic carbocycles. The van der Waals surface area contributed by atoms with Crippen molar-refractivity contribution >= 4 is 33.8 Å². The van der Waals surface area contributed by atoms with Crippen LogP contribution in [0, 0.1) is 0 Å². The number of sulfonamides is 1. The van der Waals surface area contributed by atoms with Crippen LogP contribution in [0.25, 0.3) is 6.08 Å². The fraction of sp³-hybridized carbons (Fsp3) is 0.389. The molecule has 8 nitrogen and oxygen atoms in total. The maximum absolute atomic E-state index is 12.4. The Bertz CT molecular complexity index is 906. The number of carbonyl (C=O) groups excluding carboxylic acids is 1. The van der Waals surface area contributed by atoms with Gasteiger partial charge in [-0.15, -0.1) is 5.10 Å². The Morgan fingerprint density at radius 1 is 1.21 bits per heavy atom. The number of hydrogen-bond donors (Lipinski definition) is 1. The summed E-state index contributed by atoms with van der Waals surface area (Å²) in [4.78, 5) is 14.2. The number of benzene rings is 1. The third-order valence-electron chi connectivity index (χ3n) is 4.16. The Hall–Kier alpha value is -2.17. The first-order chi connectivity index (χ1) is 13.5. The smallest absolute Gasteiger partial charge is 0.276 e. The molecule has 0 saturated carbocycles. The Balaban J connectivity index is 1.43. The topological polar surface area (TPSA) is 97.2 Å². The van der Waals surface area contributed by atoms with Gasteiger partial charge in [-0.1, -0.05) is 35.5 Å². The van der Waals surface area contributed by atoms with E-state index in [0.29, 0.717) is 18.7 Å². The van der Waals surface area contributed by atoms with E-state index in [2.05, 4.69) is 15.0 Å². The van der Waals surface area contributed by atoms with Crippen LogP contribution in [-0.4, -0.2) is 65.4 Å². The summed E-state index contributed by atoms with van der Waals surface area (Å²) in [6.45, 7) is 2.21. The summed E-state index contributed by atoms with van der Waals surface area (Å²) >= 11 is 1.84. The monoisotopic (exact) mass is 421 g/mol. The van der Waals surface area contributed by atoms with E-state index in [1.165, 1.54) is 0 Å². The van der Waals surface area contributed by atoms with Crippen LogP contribution in [0.5, 0.6) is 0 Å². The van der Waals surface area contributed by atoms with E-state index in [1.807, 2.05) is 42.1 Å². The zero-order chi connectivity index (χ0) is 19.8. The number of thioether (sulfide) groups is 1. The minimum atomic E-state index is -3.50. The van der Waals surface area contributed by atoms with Gasteiger partial charge in [-0.2, -0.15) is 11.8 Å². The molecule has 2 aromatic rings. The molecular formula is C18H23N5O3S2. The summed E-state index contributed by atoms with van der Waals surface area (Å²) in [5, 5.41) is 9.07. The van der Waals surface area contributed by atoms with E-state index in [1.54, 1.807) is 21.9 Å². The van der Waals surface area contributed by atoms with E-state index < -0.39 is 10.0 Å². The summed E-state index contributed by atoms with van der Waals surface area (Å²) in [6.07, 6.45) is 3.71. The molecule has 1 amide bonds. The average molecular weight is 422 g/mol. The summed E-state index contributed by atoms with van der Waals surface area (Å²) < 4.78 is 28.1. The van der Waals surface area contributed by atoms with Crippen LogP contribution < -0.4 is 4.72 Å². The van der Waals surface area contributed by atoms with Crippen molar-refractivity contribution < 1.29 is 13.2 Å². The number of nitrogens with zero attached hydrogens (tertiary/aromatic N) is 4. The molecule has 0 spiro atoms. The molecule has 1 saturated heterocycles. The van der Waals surface area contributed by atoms with Gasteiger partial charge in [-0.05, 0) is 18.1 Å². The SMILES string of the molecule is O=C(c1cn(CCCNS(=O)(=O)/C=C/c2ccccc2)nn1)N1CCSCC1. The minimum absolute atomic E-state index is 0.0988. The number of carbonyl (C=O) groups is 1. The predicted molar refractivity (Wildman–Crippen MR) is 110 cm³/mol. The van der Waals surface area contributed by atoms with Crippen molar-refractivity contribution in [2.24, 2.45) is 0 Å². The van der Waals surface area contributed by atoms with Crippen molar-refractivity contribution in [1.29, 1.82) is 0 Å². The highest BCUT2D eigenvalue weighted by molar-refractivity contribution is 7.99. The van der Waals surface area contributed by atoms with Crippen LogP contribution in [0.2, 0.25) is 0 Å². The molecule has 28 heavy (non-hydrogen) atoms. The lowest BCUT2D eigenvalue weighted by atomic mass is 10.2. The van der Waals surface area contributed by atoms with Crippen molar-refractivity contribution in [3.8, 4) is 0 Å². The lowest BCUT2D eigenvalue weighted by molar-refractivity contribution is 0.0766. The molecule has 150 valence electrons. The second-order valence-corrected chi connectivity index (χ2v) is 9.15. The van der Waals surface area contributed by atoms with Gasteiger partial charge in [0.05, 0.1) is 6.20 Å². The van der Waals surface area contributed by atoms with Gasteiger partial charge in [-0.3, -0.25) is 9.48 Å². The van der Waals surface area contributed by atoms with Crippen LogP contribution in [0.1, 0.15) is 22.5 Å². The molecule has 1 aromatic heterocycles. The average Bonchev–Trinajstić information content (AvgIpc) is 3.20. The van der Waals surface area contributed by atoms with E-state index in [0.717, 1.165) is 35.6 Å². The highest BCUT2D eigenvalue weighted by atomic mass is 32.2. The molecule has 0 bridgehead atoms. The maximum Gasteiger partial charge on any atom is 0.276 e. The van der Waals surface area contributed by atoms with E-state index in [-0.39, 0.29) is 12.5 Å². The van der Waals surface area contributed by atoms with Gasteiger partial charge < -0.3 is 4.90 Å². The zero-order valence-corrected chi connectivity index (χ0v) is 17.0. The molecule has 3 rings (SSSR count). The van der Waals surface area contributed by atoms with Crippen molar-refractivity contribution in [2.75, 3.05) is 31.1 Å². The van der Waals surface area contributed by atoms with Gasteiger partial charge in [-0.25, -0.2) is 13.1 Å². The number of rotatable bonds is 8. The Morgan fingerprint density at radius 2 is 1.96 bits per heavy atom. The molecule has 1 aliphatic heterocycles. The summed E-state index contributed by atoms with van der Waals surface area (Å²) in [5.41, 5.74) is 1.15. The molecule has 1 N–H and O–H groups in total. The molecule has 1 aromatic carbocycles. The first-order valence-corrected chi connectivity index (χ1v) is 11.7. The highest BCUT2D eigenvalue weighted by Gasteiger charge is 2.21. The summed E-state index contributed by atoms with van der Waals surface area (Å²) in [6, 6.07) is 9.23. The van der Waals surface area contributed by atoms with Gasteiger partial charge in [0.2, 0.25) is 10.0 Å². The van der Waals surface area contributed by atoms with Gasteiger partial charge in [0.15, 0.2) is 5.69 Å². The van der Waals surface area contributed by atoms with Gasteiger partial charge in [0.25, 0.3) is 5.91 Å². The van der Waals surface area contributed by atoms with Crippen LogP contribution in [0.3, 0.4) is 0 Å². The van der Waals surface area contributed by atoms with Crippen LogP contribution >= 0.6 is 11.8 Å². The Kier molecular flexibility index (Phi) is 7.24. The standard InChI is InChI=1S/C18H23N5O3S2/c24-18(22-10-12-27-13-11-22)17-15-23(21-20-17)9-4-8-19-28(25,26)14-7-16-5-2-1-3-6-16/h1-3,5-7,14-15,19H,4,8-13H2/b14-7+. The van der Waals surface area contributed by atoms with E-state index in [9.17, 15) is 13.2 Å². The molecule has 1 fully saturated rings. The van der Waals surface area contributed by atoms with E-state index in [4.69, 9.17) is 0 Å². The second kappa shape index (κ2) is 9.85. The highest BCUT2D eigenvalue weighted by Crippen LogP contribution is 2.11. The Labute approximate surface area is 169 Å². The molecule has 0 radical (unpaired) electrons. The van der Waals surface area contributed by atoms with Gasteiger partial charge in [0.1, 0.15) is 0 Å². The largest absolute Gasteiger partial charge is 0.336 e. The number of aryl methyl sites for hydroxylation is 1. The zero-order valence-electron chi connectivity index (χ0n) is 15.4. The lowest BCUT2D eigenvalue weighted by Crippen LogP contribution is -2.38. The predicted octanol–water partition coefficient (Wildman–Crippen LogP) is 1.45. The van der Waals surface area contributed by atoms with Gasteiger partial charge >= 0.3 is 0 Å². The third kappa shape index (κ3) is 6.18. The molecule has 2 heterocycles. The summed E-state index contributed by atoms with van der Waals surface area (Å²) in [5.74, 6) is 1.79. The quantitative estimate of drug-likeness (QED) is 0.648. The fourth-order valence-corrected chi connectivity index (χ4v) is 4.43. The van der Waals surface area contributed by atoms with Gasteiger partial charge in [0, 0.05) is 43.1 Å². The number of aromatic nitrogens is 3. The third-order valence-corrected chi connectivity index (χ3v) is 6.21. The van der Waals surface area contributed by atoms with Crippen molar-refractivity contribution in [2.45, 2.75) is 13.0 Å². The first-order valence-electron chi connectivity index (χ1n) is 9.03. The normalized spacial score (nSPS) is 15.2. The Morgan fingerprint density at radius 3 is 2.71 bits per heavy atom. The summed E-state index contributed by atoms with van der Waals surface area (Å²) in [7, 11) is -3.50. The van der Waals surface area contributed by atoms with E-state index >= 15 is 0 Å². The van der Waals surface area contributed by atoms with Crippen molar-refractivity contribution in [3.05, 3.63) is 53.2 Å². The molecule has 0 atom stereocenters. The molecule has 1 aliphatic rings. The van der Waals surface area contributed by atoms with Crippen molar-refractivity contribution in [1.82, 2.24) is 24.6 Å². The van der Waals surface area contributed by atoms with Crippen LogP contribution in [-0.2, 0) is 16.6 Å². The molecular weight excluding hydrogens is 398 g/mol. The lowest BCUT2D eigenvalue weighted by Gasteiger charge is -2.25.